The van der Waals surface area contributed by atoms with E-state index < -0.39 is 0 Å². The summed E-state index contributed by atoms with van der Waals surface area (Å²) in [6.07, 6.45) is 6.26. The SMILES string of the molecule is CCCCCCOc1ccccc1/C=N\NC(=O)c1cccc(Br)c1. The quantitative estimate of drug-likeness (QED) is 0.357. The first-order valence-electron chi connectivity index (χ1n) is 8.51. The van der Waals surface area contributed by atoms with E-state index in [0.717, 1.165) is 22.2 Å². The Hall–Kier alpha value is -2.14. The molecule has 2 aromatic carbocycles. The number of carbonyl (C=O) groups excluding carboxylic acids is 1. The van der Waals surface area contributed by atoms with Crippen molar-refractivity contribution in [3.63, 3.8) is 0 Å². The summed E-state index contributed by atoms with van der Waals surface area (Å²) in [5, 5.41) is 4.05. The zero-order valence-electron chi connectivity index (χ0n) is 14.4. The van der Waals surface area contributed by atoms with Crippen molar-refractivity contribution in [3.8, 4) is 5.75 Å². The third-order valence-corrected chi connectivity index (χ3v) is 4.12. The number of para-hydroxylation sites is 1. The van der Waals surface area contributed by atoms with Gasteiger partial charge in [0.25, 0.3) is 5.91 Å². The molecule has 0 radical (unpaired) electrons. The van der Waals surface area contributed by atoms with Crippen molar-refractivity contribution in [1.82, 2.24) is 5.43 Å². The molecular weight excluding hydrogens is 380 g/mol. The van der Waals surface area contributed by atoms with Crippen LogP contribution in [-0.2, 0) is 0 Å². The summed E-state index contributed by atoms with van der Waals surface area (Å²) in [5.41, 5.74) is 3.93. The Labute approximate surface area is 157 Å². The molecule has 1 N–H and O–H groups in total. The van der Waals surface area contributed by atoms with E-state index in [-0.39, 0.29) is 5.91 Å². The number of benzene rings is 2. The van der Waals surface area contributed by atoms with Crippen LogP contribution in [0.1, 0.15) is 48.5 Å². The molecule has 0 aromatic heterocycles. The average molecular weight is 403 g/mol. The second kappa shape index (κ2) is 10.7. The molecule has 0 saturated carbocycles. The van der Waals surface area contributed by atoms with Gasteiger partial charge in [0.05, 0.1) is 12.8 Å². The molecule has 0 aliphatic carbocycles. The number of nitrogens with zero attached hydrogens (tertiary/aromatic N) is 1. The van der Waals surface area contributed by atoms with E-state index in [4.69, 9.17) is 4.74 Å². The Kier molecular flexibility index (Phi) is 8.19. The van der Waals surface area contributed by atoms with Crippen LogP contribution in [0, 0.1) is 0 Å². The first-order valence-corrected chi connectivity index (χ1v) is 9.31. The van der Waals surface area contributed by atoms with Crippen molar-refractivity contribution in [2.45, 2.75) is 32.6 Å². The van der Waals surface area contributed by atoms with E-state index in [1.165, 1.54) is 19.3 Å². The molecule has 0 aliphatic heterocycles. The minimum absolute atomic E-state index is 0.254. The van der Waals surface area contributed by atoms with Crippen molar-refractivity contribution in [2.75, 3.05) is 6.61 Å². The van der Waals surface area contributed by atoms with Crippen LogP contribution in [-0.4, -0.2) is 18.7 Å². The fraction of sp³-hybridized carbons (Fsp3) is 0.300. The van der Waals surface area contributed by atoms with Crippen molar-refractivity contribution < 1.29 is 9.53 Å². The summed E-state index contributed by atoms with van der Waals surface area (Å²) in [7, 11) is 0. The number of carbonyl (C=O) groups is 1. The highest BCUT2D eigenvalue weighted by Crippen LogP contribution is 2.16. The van der Waals surface area contributed by atoms with Gasteiger partial charge in [0.15, 0.2) is 0 Å². The maximum absolute atomic E-state index is 12.1. The van der Waals surface area contributed by atoms with Gasteiger partial charge in [-0.15, -0.1) is 0 Å². The molecule has 0 atom stereocenters. The van der Waals surface area contributed by atoms with Gasteiger partial charge in [-0.25, -0.2) is 5.43 Å². The lowest BCUT2D eigenvalue weighted by molar-refractivity contribution is 0.0955. The highest BCUT2D eigenvalue weighted by Gasteiger charge is 2.04. The number of hydrogen-bond donors (Lipinski definition) is 1. The smallest absolute Gasteiger partial charge is 0.271 e. The van der Waals surface area contributed by atoms with Gasteiger partial charge in [-0.05, 0) is 36.8 Å². The summed E-state index contributed by atoms with van der Waals surface area (Å²) >= 11 is 3.35. The maximum atomic E-state index is 12.1. The van der Waals surface area contributed by atoms with Crippen LogP contribution >= 0.6 is 15.9 Å². The summed E-state index contributed by atoms with van der Waals surface area (Å²) in [6, 6.07) is 14.8. The number of halogens is 1. The molecule has 0 saturated heterocycles. The Morgan fingerprint density at radius 3 is 2.80 bits per heavy atom. The lowest BCUT2D eigenvalue weighted by Gasteiger charge is -2.08. The second-order valence-electron chi connectivity index (χ2n) is 5.66. The van der Waals surface area contributed by atoms with E-state index in [2.05, 4.69) is 33.4 Å². The molecule has 0 fully saturated rings. The Morgan fingerprint density at radius 1 is 1.16 bits per heavy atom. The largest absolute Gasteiger partial charge is 0.493 e. The van der Waals surface area contributed by atoms with Gasteiger partial charge in [-0.2, -0.15) is 5.10 Å². The molecular formula is C20H23BrN2O2. The van der Waals surface area contributed by atoms with E-state index in [1.54, 1.807) is 18.3 Å². The average Bonchev–Trinajstić information content (AvgIpc) is 2.62. The summed E-state index contributed by atoms with van der Waals surface area (Å²) < 4.78 is 6.68. The number of rotatable bonds is 9. The number of unbranched alkanes of at least 4 members (excludes halogenated alkanes) is 3. The Balaban J connectivity index is 1.91. The van der Waals surface area contributed by atoms with Crippen LogP contribution in [0.4, 0.5) is 0 Å². The standard InChI is InChI=1S/C20H23BrN2O2/c1-2-3-4-7-13-25-19-12-6-5-9-17(19)15-22-23-20(24)16-10-8-11-18(21)14-16/h5-6,8-12,14-15H,2-4,7,13H2,1H3,(H,23,24)/b22-15-. The summed E-state index contributed by atoms with van der Waals surface area (Å²) in [5.74, 6) is 0.523. The van der Waals surface area contributed by atoms with Gasteiger partial charge in [-0.1, -0.05) is 60.3 Å². The lowest BCUT2D eigenvalue weighted by Crippen LogP contribution is -2.17. The molecule has 0 spiro atoms. The number of amides is 1. The van der Waals surface area contributed by atoms with Crippen LogP contribution in [0.25, 0.3) is 0 Å². The fourth-order valence-corrected chi connectivity index (χ4v) is 2.68. The van der Waals surface area contributed by atoms with Crippen molar-refractivity contribution in [2.24, 2.45) is 5.10 Å². The second-order valence-corrected chi connectivity index (χ2v) is 6.57. The van der Waals surface area contributed by atoms with Gasteiger partial charge in [-0.3, -0.25) is 4.79 Å². The number of hydrogen-bond acceptors (Lipinski definition) is 3. The molecule has 0 aliphatic rings. The van der Waals surface area contributed by atoms with Crippen molar-refractivity contribution >= 4 is 28.1 Å². The first-order chi connectivity index (χ1) is 12.2. The predicted molar refractivity (Wildman–Crippen MR) is 105 cm³/mol. The van der Waals surface area contributed by atoms with Gasteiger partial charge in [0.1, 0.15) is 5.75 Å². The van der Waals surface area contributed by atoms with E-state index >= 15 is 0 Å². The van der Waals surface area contributed by atoms with Gasteiger partial charge >= 0.3 is 0 Å². The fourth-order valence-electron chi connectivity index (χ4n) is 2.28. The molecule has 1 amide bonds. The van der Waals surface area contributed by atoms with Gasteiger partial charge in [0.2, 0.25) is 0 Å². The monoisotopic (exact) mass is 402 g/mol. The molecule has 0 bridgehead atoms. The predicted octanol–water partition coefficient (Wildman–Crippen LogP) is 5.17. The van der Waals surface area contributed by atoms with Crippen LogP contribution in [0.5, 0.6) is 5.75 Å². The molecule has 132 valence electrons. The molecule has 0 unspecified atom stereocenters. The molecule has 5 heteroatoms. The van der Waals surface area contributed by atoms with E-state index in [9.17, 15) is 4.79 Å². The van der Waals surface area contributed by atoms with Gasteiger partial charge < -0.3 is 4.74 Å². The highest BCUT2D eigenvalue weighted by atomic mass is 79.9. The Bertz CT molecular complexity index is 716. The minimum Gasteiger partial charge on any atom is -0.493 e. The van der Waals surface area contributed by atoms with E-state index in [1.807, 2.05) is 36.4 Å². The lowest BCUT2D eigenvalue weighted by atomic mass is 10.2. The van der Waals surface area contributed by atoms with E-state index in [0.29, 0.717) is 12.2 Å². The third kappa shape index (κ3) is 6.70. The zero-order chi connectivity index (χ0) is 17.9. The van der Waals surface area contributed by atoms with Crippen molar-refractivity contribution in [1.29, 1.82) is 0 Å². The number of nitrogens with one attached hydrogen (secondary N) is 1. The number of hydrazone groups is 1. The topological polar surface area (TPSA) is 50.7 Å². The minimum atomic E-state index is -0.254. The molecule has 2 rings (SSSR count). The van der Waals surface area contributed by atoms with Crippen LogP contribution < -0.4 is 10.2 Å². The molecule has 0 heterocycles. The zero-order valence-corrected chi connectivity index (χ0v) is 16.0. The first kappa shape index (κ1) is 19.2. The molecule has 4 nitrogen and oxygen atoms in total. The van der Waals surface area contributed by atoms with Crippen LogP contribution in [0.3, 0.4) is 0 Å². The summed E-state index contributed by atoms with van der Waals surface area (Å²) in [6.45, 7) is 2.88. The van der Waals surface area contributed by atoms with Crippen LogP contribution in [0.2, 0.25) is 0 Å². The number of ether oxygens (including phenoxy) is 1. The van der Waals surface area contributed by atoms with Crippen molar-refractivity contribution in [3.05, 3.63) is 64.1 Å². The Morgan fingerprint density at radius 2 is 2.00 bits per heavy atom. The molecule has 2 aromatic rings. The maximum Gasteiger partial charge on any atom is 0.271 e. The summed E-state index contributed by atoms with van der Waals surface area (Å²) in [4.78, 5) is 12.1. The third-order valence-electron chi connectivity index (χ3n) is 3.63. The van der Waals surface area contributed by atoms with Gasteiger partial charge in [0, 0.05) is 15.6 Å². The highest BCUT2D eigenvalue weighted by molar-refractivity contribution is 9.10. The van der Waals surface area contributed by atoms with Crippen LogP contribution in [0.15, 0.2) is 58.1 Å². The normalized spacial score (nSPS) is 10.8. The molecule has 25 heavy (non-hydrogen) atoms.